The van der Waals surface area contributed by atoms with E-state index < -0.39 is 15.8 Å². The van der Waals surface area contributed by atoms with E-state index in [2.05, 4.69) is 5.10 Å². The second-order valence-electron chi connectivity index (χ2n) is 7.49. The highest BCUT2D eigenvalue weighted by molar-refractivity contribution is 7.91. The SMILES string of the molecule is Cc1c(C(=O)OCC(=O)N(C2CCCCC2)C2CCS(=O)(=O)C2)cnn1C. The van der Waals surface area contributed by atoms with E-state index in [1.165, 1.54) is 6.20 Å². The van der Waals surface area contributed by atoms with Crippen LogP contribution in [0.5, 0.6) is 0 Å². The predicted molar refractivity (Wildman–Crippen MR) is 99.0 cm³/mol. The first kappa shape index (κ1) is 19.9. The van der Waals surface area contributed by atoms with Crippen molar-refractivity contribution in [1.82, 2.24) is 14.7 Å². The highest BCUT2D eigenvalue weighted by atomic mass is 32.2. The number of aromatic nitrogens is 2. The van der Waals surface area contributed by atoms with Crippen molar-refractivity contribution < 1.29 is 22.7 Å². The number of esters is 1. The van der Waals surface area contributed by atoms with Crippen LogP contribution in [0, 0.1) is 6.92 Å². The first-order valence-electron chi connectivity index (χ1n) is 9.46. The number of rotatable bonds is 5. The van der Waals surface area contributed by atoms with Crippen molar-refractivity contribution in [2.45, 2.75) is 57.5 Å². The lowest BCUT2D eigenvalue weighted by Crippen LogP contribution is -2.50. The van der Waals surface area contributed by atoms with Gasteiger partial charge in [-0.05, 0) is 26.2 Å². The van der Waals surface area contributed by atoms with Gasteiger partial charge in [0, 0.05) is 24.8 Å². The van der Waals surface area contributed by atoms with Crippen LogP contribution in [0.25, 0.3) is 0 Å². The van der Waals surface area contributed by atoms with E-state index in [1.807, 2.05) is 0 Å². The van der Waals surface area contributed by atoms with E-state index >= 15 is 0 Å². The fourth-order valence-corrected chi connectivity index (χ4v) is 5.75. The Bertz CT molecular complexity index is 811. The van der Waals surface area contributed by atoms with Crippen molar-refractivity contribution in [1.29, 1.82) is 0 Å². The quantitative estimate of drug-likeness (QED) is 0.693. The summed E-state index contributed by atoms with van der Waals surface area (Å²) in [5, 5.41) is 4.01. The number of hydrogen-bond donors (Lipinski definition) is 0. The van der Waals surface area contributed by atoms with Gasteiger partial charge in [-0.1, -0.05) is 19.3 Å². The van der Waals surface area contributed by atoms with Crippen LogP contribution in [-0.4, -0.2) is 65.2 Å². The van der Waals surface area contributed by atoms with Crippen molar-refractivity contribution in [3.05, 3.63) is 17.5 Å². The number of aryl methyl sites for hydroxylation is 1. The van der Waals surface area contributed by atoms with Gasteiger partial charge in [0.15, 0.2) is 16.4 Å². The van der Waals surface area contributed by atoms with Crippen molar-refractivity contribution in [2.75, 3.05) is 18.1 Å². The Kier molecular flexibility index (Phi) is 5.88. The molecule has 1 aromatic heterocycles. The molecule has 2 aliphatic rings. The van der Waals surface area contributed by atoms with E-state index in [0.717, 1.165) is 32.1 Å². The van der Waals surface area contributed by atoms with Crippen LogP contribution in [0.1, 0.15) is 54.6 Å². The van der Waals surface area contributed by atoms with Gasteiger partial charge < -0.3 is 9.64 Å². The molecule has 0 radical (unpaired) electrons. The molecule has 1 aliphatic carbocycles. The van der Waals surface area contributed by atoms with Crippen molar-refractivity contribution in [2.24, 2.45) is 7.05 Å². The summed E-state index contributed by atoms with van der Waals surface area (Å²) < 4.78 is 30.6. The first-order chi connectivity index (χ1) is 12.8. The highest BCUT2D eigenvalue weighted by Crippen LogP contribution is 2.28. The van der Waals surface area contributed by atoms with Gasteiger partial charge in [-0.3, -0.25) is 9.48 Å². The van der Waals surface area contributed by atoms with E-state index in [-0.39, 0.29) is 36.1 Å². The van der Waals surface area contributed by atoms with Crippen LogP contribution in [-0.2, 0) is 26.4 Å². The molecule has 0 N–H and O–H groups in total. The molecule has 1 amide bonds. The largest absolute Gasteiger partial charge is 0.452 e. The van der Waals surface area contributed by atoms with Crippen LogP contribution in [0.3, 0.4) is 0 Å². The molecule has 1 saturated heterocycles. The van der Waals surface area contributed by atoms with Gasteiger partial charge in [0.05, 0.1) is 17.7 Å². The zero-order chi connectivity index (χ0) is 19.6. The van der Waals surface area contributed by atoms with E-state index in [9.17, 15) is 18.0 Å². The van der Waals surface area contributed by atoms with E-state index in [0.29, 0.717) is 17.7 Å². The summed E-state index contributed by atoms with van der Waals surface area (Å²) in [4.78, 5) is 26.9. The molecule has 1 aromatic rings. The fourth-order valence-electron chi connectivity index (χ4n) is 4.04. The third-order valence-electron chi connectivity index (χ3n) is 5.64. The molecule has 1 unspecified atom stereocenters. The molecule has 1 atom stereocenters. The second-order valence-corrected chi connectivity index (χ2v) is 9.72. The van der Waals surface area contributed by atoms with Gasteiger partial charge in [0.1, 0.15) is 5.56 Å². The molecule has 0 bridgehead atoms. The van der Waals surface area contributed by atoms with Crippen molar-refractivity contribution >= 4 is 21.7 Å². The maximum Gasteiger partial charge on any atom is 0.342 e. The highest BCUT2D eigenvalue weighted by Gasteiger charge is 2.38. The summed E-state index contributed by atoms with van der Waals surface area (Å²) in [5.74, 6) is -0.774. The number of amides is 1. The van der Waals surface area contributed by atoms with Crippen LogP contribution >= 0.6 is 0 Å². The Balaban J connectivity index is 1.69. The minimum atomic E-state index is -3.10. The molecule has 0 spiro atoms. The first-order valence-corrected chi connectivity index (χ1v) is 11.3. The molecule has 3 rings (SSSR count). The predicted octanol–water partition coefficient (Wildman–Crippen LogP) is 1.23. The van der Waals surface area contributed by atoms with E-state index in [1.54, 1.807) is 23.6 Å². The topological polar surface area (TPSA) is 98.6 Å². The molecule has 1 aliphatic heterocycles. The number of nitrogens with zero attached hydrogens (tertiary/aromatic N) is 3. The lowest BCUT2D eigenvalue weighted by Gasteiger charge is -2.38. The van der Waals surface area contributed by atoms with Crippen LogP contribution in [0.4, 0.5) is 0 Å². The molecule has 150 valence electrons. The molecule has 2 fully saturated rings. The molecule has 2 heterocycles. The Morgan fingerprint density at radius 3 is 2.48 bits per heavy atom. The smallest absolute Gasteiger partial charge is 0.342 e. The van der Waals surface area contributed by atoms with Crippen LogP contribution < -0.4 is 0 Å². The summed E-state index contributed by atoms with van der Waals surface area (Å²) in [7, 11) is -1.38. The Labute approximate surface area is 159 Å². The van der Waals surface area contributed by atoms with Crippen LogP contribution in [0.15, 0.2) is 6.20 Å². The number of hydrogen-bond acceptors (Lipinski definition) is 6. The van der Waals surface area contributed by atoms with Gasteiger partial charge in [0.25, 0.3) is 5.91 Å². The average Bonchev–Trinajstić information content (AvgIpc) is 3.16. The maximum atomic E-state index is 12.9. The monoisotopic (exact) mass is 397 g/mol. The summed E-state index contributed by atoms with van der Waals surface area (Å²) in [6.07, 6.45) is 6.82. The van der Waals surface area contributed by atoms with Crippen LogP contribution in [0.2, 0.25) is 0 Å². The average molecular weight is 397 g/mol. The zero-order valence-electron chi connectivity index (χ0n) is 15.9. The second kappa shape index (κ2) is 8.00. The maximum absolute atomic E-state index is 12.9. The Hall–Kier alpha value is -1.90. The van der Waals surface area contributed by atoms with Gasteiger partial charge in [-0.15, -0.1) is 0 Å². The molecular weight excluding hydrogens is 370 g/mol. The Morgan fingerprint density at radius 1 is 1.22 bits per heavy atom. The summed E-state index contributed by atoms with van der Waals surface area (Å²) in [6.45, 7) is 1.38. The third kappa shape index (κ3) is 4.51. The summed E-state index contributed by atoms with van der Waals surface area (Å²) >= 11 is 0. The molecule has 1 saturated carbocycles. The molecule has 9 heteroatoms. The minimum Gasteiger partial charge on any atom is -0.452 e. The number of ether oxygens (including phenoxy) is 1. The van der Waals surface area contributed by atoms with E-state index in [4.69, 9.17) is 4.74 Å². The normalized spacial score (nSPS) is 22.5. The minimum absolute atomic E-state index is 0.00486. The van der Waals surface area contributed by atoms with Gasteiger partial charge in [-0.2, -0.15) is 5.10 Å². The Morgan fingerprint density at radius 2 is 1.93 bits per heavy atom. The lowest BCUT2D eigenvalue weighted by atomic mass is 9.93. The van der Waals surface area contributed by atoms with Gasteiger partial charge >= 0.3 is 5.97 Å². The van der Waals surface area contributed by atoms with Crippen molar-refractivity contribution in [3.8, 4) is 0 Å². The fraction of sp³-hybridized carbons (Fsp3) is 0.722. The summed E-state index contributed by atoms with van der Waals surface area (Å²) in [6, 6.07) is -0.284. The zero-order valence-corrected chi connectivity index (χ0v) is 16.7. The van der Waals surface area contributed by atoms with Crippen molar-refractivity contribution in [3.63, 3.8) is 0 Å². The number of carbonyl (C=O) groups excluding carboxylic acids is 2. The molecular formula is C18H27N3O5S. The molecule has 0 aromatic carbocycles. The summed E-state index contributed by atoms with van der Waals surface area (Å²) in [5.41, 5.74) is 0.997. The lowest BCUT2D eigenvalue weighted by molar-refractivity contribution is -0.140. The molecule has 8 nitrogen and oxygen atoms in total. The number of carbonyl (C=O) groups is 2. The standard InChI is InChI=1S/C18H27N3O5S/c1-13-16(10-19-20(13)2)18(23)26-11-17(22)21(14-6-4-3-5-7-14)15-8-9-27(24,25)12-15/h10,14-15H,3-9,11-12H2,1-2H3. The number of sulfone groups is 1. The third-order valence-corrected chi connectivity index (χ3v) is 7.39. The van der Waals surface area contributed by atoms with Gasteiger partial charge in [-0.25, -0.2) is 13.2 Å². The van der Waals surface area contributed by atoms with Gasteiger partial charge in [0.2, 0.25) is 0 Å². The molecule has 27 heavy (non-hydrogen) atoms.